The minimum absolute atomic E-state index is 0.0343. The van der Waals surface area contributed by atoms with E-state index in [0.717, 1.165) is 24.0 Å². The van der Waals surface area contributed by atoms with Crippen LogP contribution in [0.25, 0.3) is 0 Å². The van der Waals surface area contributed by atoms with E-state index in [1.54, 1.807) is 0 Å². The summed E-state index contributed by atoms with van der Waals surface area (Å²) in [5.41, 5.74) is 2.95. The van der Waals surface area contributed by atoms with Gasteiger partial charge in [-0.2, -0.15) is 0 Å². The van der Waals surface area contributed by atoms with Crippen molar-refractivity contribution in [3.05, 3.63) is 70.8 Å². The van der Waals surface area contributed by atoms with Crippen molar-refractivity contribution in [1.82, 2.24) is 0 Å². The summed E-state index contributed by atoms with van der Waals surface area (Å²) in [5.74, 6) is -0.959. The molecule has 0 radical (unpaired) electrons. The van der Waals surface area contributed by atoms with Gasteiger partial charge in [0.2, 0.25) is 5.79 Å². The Morgan fingerprint density at radius 3 is 1.65 bits per heavy atom. The molecule has 0 aromatic heterocycles. The highest BCUT2D eigenvalue weighted by Crippen LogP contribution is 2.43. The van der Waals surface area contributed by atoms with Gasteiger partial charge in [-0.1, -0.05) is 62.4 Å². The van der Waals surface area contributed by atoms with E-state index in [4.69, 9.17) is 9.47 Å². The van der Waals surface area contributed by atoms with Gasteiger partial charge < -0.3 is 9.47 Å². The van der Waals surface area contributed by atoms with Gasteiger partial charge in [-0.3, -0.25) is 4.79 Å². The normalized spacial score (nSPS) is 15.1. The van der Waals surface area contributed by atoms with Crippen LogP contribution < -0.4 is 0 Å². The van der Waals surface area contributed by atoms with Crippen LogP contribution in [0.4, 0.5) is 0 Å². The zero-order chi connectivity index (χ0) is 16.3. The second-order valence-corrected chi connectivity index (χ2v) is 5.73. The van der Waals surface area contributed by atoms with E-state index in [1.165, 1.54) is 0 Å². The first-order chi connectivity index (χ1) is 11.2. The van der Waals surface area contributed by atoms with Crippen LogP contribution in [-0.2, 0) is 15.3 Å². The van der Waals surface area contributed by atoms with E-state index in [0.29, 0.717) is 24.3 Å². The lowest BCUT2D eigenvalue weighted by Gasteiger charge is -2.39. The molecule has 0 saturated carbocycles. The van der Waals surface area contributed by atoms with Gasteiger partial charge in [0.05, 0.1) is 13.2 Å². The molecular formula is C20H22O3. The maximum absolute atomic E-state index is 12.8. The summed E-state index contributed by atoms with van der Waals surface area (Å²) in [6.45, 7) is 5.28. The molecular weight excluding hydrogens is 288 g/mol. The largest absolute Gasteiger partial charge is 0.342 e. The fraction of sp³-hybridized carbons (Fsp3) is 0.350. The molecule has 23 heavy (non-hydrogen) atoms. The summed E-state index contributed by atoms with van der Waals surface area (Å²) >= 11 is 0. The first kappa shape index (κ1) is 15.9. The third-order valence-electron chi connectivity index (χ3n) is 4.07. The fourth-order valence-corrected chi connectivity index (χ4v) is 3.07. The lowest BCUT2D eigenvalue weighted by molar-refractivity contribution is -0.219. The van der Waals surface area contributed by atoms with Gasteiger partial charge in [0.1, 0.15) is 0 Å². The van der Waals surface area contributed by atoms with Gasteiger partial charge in [0.25, 0.3) is 0 Å². The summed E-state index contributed by atoms with van der Waals surface area (Å²) in [5, 5.41) is 0. The number of carbonyl (C=O) groups is 1. The Kier molecular flexibility index (Phi) is 4.60. The Labute approximate surface area is 137 Å². The predicted molar refractivity (Wildman–Crippen MR) is 89.6 cm³/mol. The van der Waals surface area contributed by atoms with Crippen LogP contribution >= 0.6 is 0 Å². The molecule has 120 valence electrons. The molecule has 0 saturated heterocycles. The molecule has 0 spiro atoms. The summed E-state index contributed by atoms with van der Waals surface area (Å²) in [6, 6.07) is 15.2. The number of hydrogen-bond acceptors (Lipinski definition) is 3. The first-order valence-corrected chi connectivity index (χ1v) is 8.26. The predicted octanol–water partition coefficient (Wildman–Crippen LogP) is 4.29. The van der Waals surface area contributed by atoms with Crippen molar-refractivity contribution in [2.24, 2.45) is 0 Å². The maximum atomic E-state index is 12.8. The van der Waals surface area contributed by atoms with Crippen LogP contribution in [0.5, 0.6) is 0 Å². The minimum atomic E-state index is -0.993. The molecule has 0 unspecified atom stereocenters. The Hall–Kier alpha value is -1.97. The molecule has 3 heteroatoms. The molecule has 0 bridgehead atoms. The van der Waals surface area contributed by atoms with Crippen LogP contribution in [0.2, 0.25) is 0 Å². The number of hydrogen-bond donors (Lipinski definition) is 0. The highest BCUT2D eigenvalue weighted by atomic mass is 16.7. The molecule has 0 fully saturated rings. The SMILES string of the molecule is CCCOC1(OCCC)c2ccccc2C(=O)c2ccccc21. The van der Waals surface area contributed by atoms with Gasteiger partial charge in [-0.25, -0.2) is 0 Å². The zero-order valence-corrected chi connectivity index (χ0v) is 13.7. The van der Waals surface area contributed by atoms with Gasteiger partial charge in [0, 0.05) is 22.3 Å². The van der Waals surface area contributed by atoms with Crippen molar-refractivity contribution in [2.45, 2.75) is 32.5 Å². The quantitative estimate of drug-likeness (QED) is 0.747. The van der Waals surface area contributed by atoms with Gasteiger partial charge in [0.15, 0.2) is 5.78 Å². The topological polar surface area (TPSA) is 35.5 Å². The average Bonchev–Trinajstić information content (AvgIpc) is 2.61. The Bertz CT molecular complexity index is 646. The number of ether oxygens (including phenoxy) is 2. The van der Waals surface area contributed by atoms with E-state index in [2.05, 4.69) is 13.8 Å². The molecule has 3 rings (SSSR count). The lowest BCUT2D eigenvalue weighted by Crippen LogP contribution is -2.41. The fourth-order valence-electron chi connectivity index (χ4n) is 3.07. The highest BCUT2D eigenvalue weighted by Gasteiger charge is 2.45. The molecule has 0 amide bonds. The van der Waals surface area contributed by atoms with Gasteiger partial charge in [-0.05, 0) is 12.8 Å². The van der Waals surface area contributed by atoms with Crippen molar-refractivity contribution in [3.8, 4) is 0 Å². The molecule has 3 nitrogen and oxygen atoms in total. The molecule has 0 aliphatic heterocycles. The number of fused-ring (bicyclic) bond motifs is 2. The van der Waals surface area contributed by atoms with Gasteiger partial charge >= 0.3 is 0 Å². The zero-order valence-electron chi connectivity index (χ0n) is 13.7. The summed E-state index contributed by atoms with van der Waals surface area (Å²) in [6.07, 6.45) is 1.77. The third kappa shape index (κ3) is 2.60. The third-order valence-corrected chi connectivity index (χ3v) is 4.07. The Balaban J connectivity index is 2.24. The number of benzene rings is 2. The summed E-state index contributed by atoms with van der Waals surface area (Å²) < 4.78 is 12.5. The van der Waals surface area contributed by atoms with E-state index in [9.17, 15) is 4.79 Å². The maximum Gasteiger partial charge on any atom is 0.223 e. The molecule has 1 aliphatic rings. The van der Waals surface area contributed by atoms with E-state index < -0.39 is 5.79 Å². The number of ketones is 1. The van der Waals surface area contributed by atoms with E-state index >= 15 is 0 Å². The standard InChI is InChI=1S/C20H22O3/c1-3-13-22-20(23-14-4-2)17-11-7-5-9-15(17)19(21)16-10-6-8-12-18(16)20/h5-12H,3-4,13-14H2,1-2H3. The van der Waals surface area contributed by atoms with Crippen LogP contribution in [0.3, 0.4) is 0 Å². The first-order valence-electron chi connectivity index (χ1n) is 8.26. The molecule has 0 N–H and O–H groups in total. The lowest BCUT2D eigenvalue weighted by atomic mass is 9.80. The van der Waals surface area contributed by atoms with Crippen LogP contribution in [0, 0.1) is 0 Å². The monoisotopic (exact) mass is 310 g/mol. The average molecular weight is 310 g/mol. The summed E-state index contributed by atoms with van der Waals surface area (Å²) in [7, 11) is 0. The smallest absolute Gasteiger partial charge is 0.223 e. The number of rotatable bonds is 6. The number of carbonyl (C=O) groups excluding carboxylic acids is 1. The molecule has 1 aliphatic carbocycles. The minimum Gasteiger partial charge on any atom is -0.342 e. The Morgan fingerprint density at radius 1 is 0.783 bits per heavy atom. The van der Waals surface area contributed by atoms with Crippen LogP contribution in [-0.4, -0.2) is 19.0 Å². The molecule has 0 heterocycles. The summed E-state index contributed by atoms with van der Waals surface area (Å²) in [4.78, 5) is 12.8. The van der Waals surface area contributed by atoms with Crippen LogP contribution in [0.1, 0.15) is 53.7 Å². The van der Waals surface area contributed by atoms with Crippen molar-refractivity contribution in [2.75, 3.05) is 13.2 Å². The van der Waals surface area contributed by atoms with Crippen molar-refractivity contribution in [1.29, 1.82) is 0 Å². The second kappa shape index (κ2) is 6.65. The van der Waals surface area contributed by atoms with Crippen molar-refractivity contribution < 1.29 is 14.3 Å². The molecule has 0 atom stereocenters. The highest BCUT2D eigenvalue weighted by molar-refractivity contribution is 6.12. The van der Waals surface area contributed by atoms with Crippen molar-refractivity contribution in [3.63, 3.8) is 0 Å². The van der Waals surface area contributed by atoms with Crippen LogP contribution in [0.15, 0.2) is 48.5 Å². The van der Waals surface area contributed by atoms with Gasteiger partial charge in [-0.15, -0.1) is 0 Å². The second-order valence-electron chi connectivity index (χ2n) is 5.73. The van der Waals surface area contributed by atoms with E-state index in [1.807, 2.05) is 48.5 Å². The Morgan fingerprint density at radius 2 is 1.22 bits per heavy atom. The molecule has 2 aromatic carbocycles. The van der Waals surface area contributed by atoms with Crippen molar-refractivity contribution >= 4 is 5.78 Å². The van der Waals surface area contributed by atoms with E-state index in [-0.39, 0.29) is 5.78 Å². The molecule has 2 aromatic rings.